The summed E-state index contributed by atoms with van der Waals surface area (Å²) >= 11 is 4.98. The molecule has 1 amide bonds. The van der Waals surface area contributed by atoms with E-state index in [4.69, 9.17) is 0 Å². The Kier molecular flexibility index (Phi) is 6.06. The first kappa shape index (κ1) is 24.7. The molecule has 2 atom stereocenters. The lowest BCUT2D eigenvalue weighted by molar-refractivity contribution is -0.173. The second-order valence-electron chi connectivity index (χ2n) is 8.49. The van der Waals surface area contributed by atoms with E-state index in [0.717, 1.165) is 22.4 Å². The molecule has 0 radical (unpaired) electrons. The molecule has 36 heavy (non-hydrogen) atoms. The highest BCUT2D eigenvalue weighted by Crippen LogP contribution is 2.46. The molecule has 3 aromatic rings. The zero-order valence-electron chi connectivity index (χ0n) is 18.6. The molecule has 0 saturated heterocycles. The third-order valence-electron chi connectivity index (χ3n) is 6.39. The van der Waals surface area contributed by atoms with Crippen molar-refractivity contribution in [2.24, 2.45) is 0 Å². The highest BCUT2D eigenvalue weighted by Gasteiger charge is 2.47. The first-order valence-corrected chi connectivity index (χ1v) is 12.6. The summed E-state index contributed by atoms with van der Waals surface area (Å²) in [5.41, 5.74) is 0.504. The van der Waals surface area contributed by atoms with Crippen LogP contribution in [0, 0.1) is 5.82 Å². The number of halogens is 5. The number of aromatic hydroxyl groups is 1. The van der Waals surface area contributed by atoms with Crippen LogP contribution in [0.3, 0.4) is 0 Å². The van der Waals surface area contributed by atoms with Gasteiger partial charge in [0.25, 0.3) is 5.91 Å². The first-order valence-electron chi connectivity index (χ1n) is 10.8. The lowest BCUT2D eigenvalue weighted by Gasteiger charge is -2.46. The van der Waals surface area contributed by atoms with Gasteiger partial charge in [0, 0.05) is 27.4 Å². The van der Waals surface area contributed by atoms with Crippen LogP contribution in [0.25, 0.3) is 0 Å². The Labute approximate surface area is 215 Å². The zero-order valence-corrected chi connectivity index (χ0v) is 21.0. The predicted molar refractivity (Wildman–Crippen MR) is 129 cm³/mol. The number of nitrogens with zero attached hydrogens (tertiary/aromatic N) is 3. The van der Waals surface area contributed by atoms with Crippen molar-refractivity contribution in [2.75, 3.05) is 11.7 Å². The number of carbonyl (C=O) groups is 1. The summed E-state index contributed by atoms with van der Waals surface area (Å²) in [6.45, 7) is 0.341. The Morgan fingerprint density at radius 1 is 1.14 bits per heavy atom. The molecule has 1 N–H and O–H groups in total. The number of hydrogen-bond acceptors (Lipinski definition) is 5. The van der Waals surface area contributed by atoms with Crippen LogP contribution in [0.15, 0.2) is 62.8 Å². The maximum atomic E-state index is 14.2. The Hall–Kier alpha value is -2.99. The zero-order chi connectivity index (χ0) is 25.9. The van der Waals surface area contributed by atoms with Gasteiger partial charge >= 0.3 is 6.18 Å². The van der Waals surface area contributed by atoms with E-state index in [1.54, 1.807) is 12.1 Å². The number of thioether (sulfide) groups is 1. The van der Waals surface area contributed by atoms with Crippen molar-refractivity contribution >= 4 is 33.6 Å². The van der Waals surface area contributed by atoms with Gasteiger partial charge in [0.2, 0.25) is 5.43 Å². The summed E-state index contributed by atoms with van der Waals surface area (Å²) in [5.74, 6) is -2.12. The molecule has 5 rings (SSSR count). The molecule has 0 fully saturated rings. The van der Waals surface area contributed by atoms with Crippen molar-refractivity contribution in [3.05, 3.63) is 91.6 Å². The number of aromatic nitrogens is 1. The molecule has 3 heterocycles. The minimum absolute atomic E-state index is 0.400. The molecule has 0 aliphatic carbocycles. The van der Waals surface area contributed by atoms with E-state index >= 15 is 0 Å². The van der Waals surface area contributed by atoms with E-state index < -0.39 is 53.5 Å². The Morgan fingerprint density at radius 2 is 1.89 bits per heavy atom. The Bertz CT molecular complexity index is 1450. The third kappa shape index (κ3) is 3.96. The fourth-order valence-corrected chi connectivity index (χ4v) is 6.36. The van der Waals surface area contributed by atoms with Crippen LogP contribution in [0.5, 0.6) is 5.75 Å². The third-order valence-corrected chi connectivity index (χ3v) is 8.52. The monoisotopic (exact) mass is 583 g/mol. The van der Waals surface area contributed by atoms with Gasteiger partial charge in [-0.3, -0.25) is 19.3 Å². The fourth-order valence-electron chi connectivity index (χ4n) is 4.53. The minimum atomic E-state index is -4.75. The van der Waals surface area contributed by atoms with Gasteiger partial charge < -0.3 is 10.0 Å². The van der Waals surface area contributed by atoms with E-state index in [1.807, 2.05) is 12.1 Å². The van der Waals surface area contributed by atoms with Gasteiger partial charge in [-0.2, -0.15) is 13.2 Å². The van der Waals surface area contributed by atoms with Gasteiger partial charge in [0.05, 0.1) is 6.04 Å². The van der Waals surface area contributed by atoms with E-state index in [9.17, 15) is 32.3 Å². The molecule has 2 aromatic carbocycles. The molecule has 0 spiro atoms. The molecule has 2 aliphatic heterocycles. The quantitative estimate of drug-likeness (QED) is 0.423. The highest BCUT2D eigenvalue weighted by atomic mass is 79.9. The highest BCUT2D eigenvalue weighted by molar-refractivity contribution is 9.10. The number of rotatable bonds is 2. The summed E-state index contributed by atoms with van der Waals surface area (Å²) < 4.78 is 57.5. The van der Waals surface area contributed by atoms with Crippen molar-refractivity contribution in [2.45, 2.75) is 35.8 Å². The van der Waals surface area contributed by atoms with Gasteiger partial charge in [-0.05, 0) is 57.7 Å². The van der Waals surface area contributed by atoms with Crippen LogP contribution in [0.4, 0.5) is 17.6 Å². The number of pyridine rings is 1. The number of fused-ring (bicyclic) bond motifs is 3. The van der Waals surface area contributed by atoms with Gasteiger partial charge in [-0.25, -0.2) is 4.39 Å². The van der Waals surface area contributed by atoms with E-state index in [1.165, 1.54) is 39.8 Å². The van der Waals surface area contributed by atoms with Crippen LogP contribution >= 0.6 is 27.7 Å². The topological polar surface area (TPSA) is 65.8 Å². The number of amides is 1. The molecule has 188 valence electrons. The van der Waals surface area contributed by atoms with Crippen LogP contribution in [-0.4, -0.2) is 39.5 Å². The molecule has 0 bridgehead atoms. The maximum Gasteiger partial charge on any atom is 0.408 e. The summed E-state index contributed by atoms with van der Waals surface area (Å²) in [5, 5.41) is 12.0. The van der Waals surface area contributed by atoms with Crippen LogP contribution in [0.1, 0.15) is 40.1 Å². The van der Waals surface area contributed by atoms with Gasteiger partial charge in [0.1, 0.15) is 18.5 Å². The van der Waals surface area contributed by atoms with Crippen molar-refractivity contribution in [1.29, 1.82) is 0 Å². The Balaban J connectivity index is 1.80. The summed E-state index contributed by atoms with van der Waals surface area (Å²) in [7, 11) is 0. The van der Waals surface area contributed by atoms with Crippen LogP contribution in [-0.2, 0) is 5.75 Å². The fraction of sp³-hybridized carbons (Fsp3) is 0.250. The molecular formula is C24H18BrF4N3O3S. The second-order valence-corrected chi connectivity index (χ2v) is 10.3. The molecule has 12 heteroatoms. The molecule has 1 aromatic heterocycles. The van der Waals surface area contributed by atoms with Crippen molar-refractivity contribution in [1.82, 2.24) is 9.58 Å². The number of alkyl halides is 3. The molecule has 2 aliphatic rings. The number of carbonyl (C=O) groups excluding carboxylic acids is 1. The van der Waals surface area contributed by atoms with Gasteiger partial charge in [0.15, 0.2) is 11.4 Å². The minimum Gasteiger partial charge on any atom is -0.502 e. The lowest BCUT2D eigenvalue weighted by Crippen LogP contribution is -2.60. The molecular weight excluding hydrogens is 566 g/mol. The summed E-state index contributed by atoms with van der Waals surface area (Å²) in [6.07, 6.45) is -3.50. The van der Waals surface area contributed by atoms with Crippen molar-refractivity contribution in [3.8, 4) is 5.75 Å². The smallest absolute Gasteiger partial charge is 0.408 e. The second kappa shape index (κ2) is 8.84. The standard InChI is InChI=1S/C24H18BrF4N3O3S/c1-12(24(27,28)29)30-11-32(31-8-7-18(33)21(34)20(31)23(30)35)19-15-6-5-14(26)9-13(15)10-36-22-16(19)3-2-4-17(22)25/h2-9,12,19,34H,10-11H2,1H3/t12-,19-/m1/s1. The molecule has 0 unspecified atom stereocenters. The van der Waals surface area contributed by atoms with Gasteiger partial charge in [-0.15, -0.1) is 11.8 Å². The number of hydrogen-bond donors (Lipinski definition) is 1. The first-order chi connectivity index (χ1) is 17.0. The van der Waals surface area contributed by atoms with Gasteiger partial charge in [-0.1, -0.05) is 18.2 Å². The van der Waals surface area contributed by atoms with E-state index in [-0.39, 0.29) is 0 Å². The van der Waals surface area contributed by atoms with Crippen molar-refractivity contribution < 1.29 is 27.5 Å². The van der Waals surface area contributed by atoms with Crippen molar-refractivity contribution in [3.63, 3.8) is 0 Å². The Morgan fingerprint density at radius 3 is 2.61 bits per heavy atom. The van der Waals surface area contributed by atoms with E-state index in [0.29, 0.717) is 27.3 Å². The summed E-state index contributed by atoms with van der Waals surface area (Å²) in [6, 6.07) is 7.70. The largest absolute Gasteiger partial charge is 0.502 e. The van der Waals surface area contributed by atoms with Crippen LogP contribution < -0.4 is 10.4 Å². The average molecular weight is 584 g/mol. The van der Waals surface area contributed by atoms with Crippen LogP contribution in [0.2, 0.25) is 0 Å². The lowest BCUT2D eigenvalue weighted by atomic mass is 9.94. The summed E-state index contributed by atoms with van der Waals surface area (Å²) in [4.78, 5) is 26.8. The normalized spacial score (nSPS) is 18.3. The molecule has 6 nitrogen and oxygen atoms in total. The van der Waals surface area contributed by atoms with E-state index in [2.05, 4.69) is 15.9 Å². The number of benzene rings is 2. The maximum absolute atomic E-state index is 14.2. The SMILES string of the molecule is C[C@@H](N1CN([C@@H]2c3ccc(F)cc3CSc3c(Br)cccc32)n2ccc(=O)c(O)c2C1=O)C(F)(F)F. The predicted octanol–water partition coefficient (Wildman–Crippen LogP) is 5.15. The molecule has 0 saturated carbocycles. The average Bonchev–Trinajstić information content (AvgIpc) is 2.98.